The zero-order valence-electron chi connectivity index (χ0n) is 9.20. The van der Waals surface area contributed by atoms with Crippen LogP contribution in [-0.2, 0) is 9.53 Å². The van der Waals surface area contributed by atoms with E-state index in [-0.39, 0.29) is 24.3 Å². The van der Waals surface area contributed by atoms with Gasteiger partial charge in [0, 0.05) is 7.11 Å². The number of carbonyl (C=O) groups is 2. The molecule has 1 rings (SSSR count). The Morgan fingerprint density at radius 1 is 1.47 bits per heavy atom. The van der Waals surface area contributed by atoms with Crippen LogP contribution in [0.5, 0.6) is 0 Å². The maximum atomic E-state index is 13.3. The van der Waals surface area contributed by atoms with Gasteiger partial charge in [0.1, 0.15) is 5.82 Å². The van der Waals surface area contributed by atoms with Gasteiger partial charge in [-0.1, -0.05) is 0 Å². The van der Waals surface area contributed by atoms with Gasteiger partial charge in [-0.3, -0.25) is 4.79 Å². The minimum Gasteiger partial charge on any atom is -0.478 e. The minimum atomic E-state index is -1.18. The summed E-state index contributed by atoms with van der Waals surface area (Å²) in [6.45, 7) is 0.214. The van der Waals surface area contributed by atoms with Gasteiger partial charge in [-0.25, -0.2) is 9.18 Å². The summed E-state index contributed by atoms with van der Waals surface area (Å²) >= 11 is 0. The van der Waals surface area contributed by atoms with E-state index in [4.69, 9.17) is 9.84 Å². The minimum absolute atomic E-state index is 0.0766. The van der Waals surface area contributed by atoms with Crippen molar-refractivity contribution in [1.82, 2.24) is 0 Å². The third-order valence-electron chi connectivity index (χ3n) is 2.02. The maximum absolute atomic E-state index is 13.3. The predicted molar refractivity (Wildman–Crippen MR) is 58.5 cm³/mol. The van der Waals surface area contributed by atoms with Crippen molar-refractivity contribution in [3.05, 3.63) is 29.6 Å². The number of rotatable bonds is 5. The van der Waals surface area contributed by atoms with Crippen LogP contribution in [0, 0.1) is 5.82 Å². The first-order valence-corrected chi connectivity index (χ1v) is 4.86. The van der Waals surface area contributed by atoms with Crippen molar-refractivity contribution in [2.75, 3.05) is 19.0 Å². The Labute approximate surface area is 97.2 Å². The Morgan fingerprint density at radius 3 is 2.76 bits per heavy atom. The van der Waals surface area contributed by atoms with E-state index in [0.717, 1.165) is 18.2 Å². The molecule has 5 nitrogen and oxygen atoms in total. The molecule has 0 bridgehead atoms. The van der Waals surface area contributed by atoms with Gasteiger partial charge < -0.3 is 15.2 Å². The molecule has 17 heavy (non-hydrogen) atoms. The third-order valence-corrected chi connectivity index (χ3v) is 2.02. The van der Waals surface area contributed by atoms with Crippen molar-refractivity contribution in [1.29, 1.82) is 0 Å². The molecule has 2 N–H and O–H groups in total. The highest BCUT2D eigenvalue weighted by Gasteiger charge is 2.10. The standard InChI is InChI=1S/C11H12FNO4/c1-17-5-4-10(14)13-9-6-7(11(15)16)2-3-8(9)12/h2-3,6H,4-5H2,1H3,(H,13,14)(H,15,16). The number of aromatic carboxylic acids is 1. The van der Waals surface area contributed by atoms with E-state index in [1.807, 2.05) is 0 Å². The number of nitrogens with one attached hydrogen (secondary N) is 1. The molecule has 0 atom stereocenters. The molecular formula is C11H12FNO4. The largest absolute Gasteiger partial charge is 0.478 e. The average molecular weight is 241 g/mol. The van der Waals surface area contributed by atoms with Gasteiger partial charge in [0.15, 0.2) is 0 Å². The number of halogens is 1. The number of ether oxygens (including phenoxy) is 1. The number of methoxy groups -OCH3 is 1. The highest BCUT2D eigenvalue weighted by molar-refractivity contribution is 5.94. The lowest BCUT2D eigenvalue weighted by molar-refractivity contribution is -0.117. The Bertz CT molecular complexity index is 433. The van der Waals surface area contributed by atoms with Crippen molar-refractivity contribution >= 4 is 17.6 Å². The van der Waals surface area contributed by atoms with E-state index in [0.29, 0.717) is 0 Å². The SMILES string of the molecule is COCCC(=O)Nc1cc(C(=O)O)ccc1F. The Balaban J connectivity index is 2.79. The topological polar surface area (TPSA) is 75.6 Å². The second-order valence-electron chi connectivity index (χ2n) is 3.29. The summed E-state index contributed by atoms with van der Waals surface area (Å²) in [5.41, 5.74) is -0.237. The third kappa shape index (κ3) is 3.84. The smallest absolute Gasteiger partial charge is 0.335 e. The van der Waals surface area contributed by atoms with E-state index in [1.54, 1.807) is 0 Å². The fraction of sp³-hybridized carbons (Fsp3) is 0.273. The molecule has 0 saturated carbocycles. The van der Waals surface area contributed by atoms with Gasteiger partial charge in [-0.05, 0) is 18.2 Å². The van der Waals surface area contributed by atoms with Gasteiger partial charge in [0.05, 0.1) is 24.3 Å². The van der Waals surface area contributed by atoms with Crippen molar-refractivity contribution in [3.8, 4) is 0 Å². The fourth-order valence-corrected chi connectivity index (χ4v) is 1.16. The van der Waals surface area contributed by atoms with Crippen LogP contribution in [0.4, 0.5) is 10.1 Å². The Kier molecular flexibility index (Phi) is 4.59. The Morgan fingerprint density at radius 2 is 2.18 bits per heavy atom. The molecule has 1 amide bonds. The second-order valence-corrected chi connectivity index (χ2v) is 3.29. The number of carboxylic acid groups (broad SMARTS) is 1. The zero-order valence-corrected chi connectivity index (χ0v) is 9.20. The summed E-state index contributed by atoms with van der Waals surface area (Å²) in [6, 6.07) is 3.19. The van der Waals surface area contributed by atoms with E-state index in [2.05, 4.69) is 5.32 Å². The fourth-order valence-electron chi connectivity index (χ4n) is 1.16. The van der Waals surface area contributed by atoms with E-state index in [1.165, 1.54) is 7.11 Å². The molecule has 0 spiro atoms. The molecule has 92 valence electrons. The van der Waals surface area contributed by atoms with Crippen LogP contribution in [0.2, 0.25) is 0 Å². The van der Waals surface area contributed by atoms with Gasteiger partial charge in [-0.2, -0.15) is 0 Å². The number of carbonyl (C=O) groups excluding carboxylic acids is 1. The van der Waals surface area contributed by atoms with Crippen LogP contribution in [-0.4, -0.2) is 30.7 Å². The Hall–Kier alpha value is -1.95. The average Bonchev–Trinajstić information content (AvgIpc) is 2.29. The van der Waals surface area contributed by atoms with Gasteiger partial charge in [0.2, 0.25) is 5.91 Å². The molecule has 0 saturated heterocycles. The summed E-state index contributed by atoms with van der Waals surface area (Å²) in [5.74, 6) is -2.30. The van der Waals surface area contributed by atoms with Crippen molar-refractivity contribution in [3.63, 3.8) is 0 Å². The van der Waals surface area contributed by atoms with E-state index < -0.39 is 17.7 Å². The molecule has 0 aromatic heterocycles. The molecule has 0 fully saturated rings. The molecular weight excluding hydrogens is 229 g/mol. The molecule has 6 heteroatoms. The second kappa shape index (κ2) is 5.95. The van der Waals surface area contributed by atoms with E-state index in [9.17, 15) is 14.0 Å². The summed E-state index contributed by atoms with van der Waals surface area (Å²) in [6.07, 6.45) is 0.0766. The lowest BCUT2D eigenvalue weighted by Gasteiger charge is -2.06. The first-order valence-electron chi connectivity index (χ1n) is 4.86. The lowest BCUT2D eigenvalue weighted by Crippen LogP contribution is -2.15. The van der Waals surface area contributed by atoms with Crippen molar-refractivity contribution in [2.45, 2.75) is 6.42 Å². The quantitative estimate of drug-likeness (QED) is 0.819. The number of hydrogen-bond acceptors (Lipinski definition) is 3. The zero-order chi connectivity index (χ0) is 12.8. The van der Waals surface area contributed by atoms with Crippen LogP contribution in [0.3, 0.4) is 0 Å². The lowest BCUT2D eigenvalue weighted by atomic mass is 10.2. The van der Waals surface area contributed by atoms with Gasteiger partial charge >= 0.3 is 5.97 Å². The van der Waals surface area contributed by atoms with Crippen LogP contribution in [0.15, 0.2) is 18.2 Å². The highest BCUT2D eigenvalue weighted by atomic mass is 19.1. The molecule has 0 aliphatic rings. The normalized spacial score (nSPS) is 10.0. The van der Waals surface area contributed by atoms with Crippen molar-refractivity contribution < 1.29 is 23.8 Å². The first kappa shape index (κ1) is 13.1. The summed E-state index contributed by atoms with van der Waals surface area (Å²) < 4.78 is 18.0. The monoisotopic (exact) mass is 241 g/mol. The van der Waals surface area contributed by atoms with Crippen LogP contribution < -0.4 is 5.32 Å². The number of hydrogen-bond donors (Lipinski definition) is 2. The summed E-state index contributed by atoms with van der Waals surface area (Å²) in [5, 5.41) is 11.0. The number of carboxylic acids is 1. The van der Waals surface area contributed by atoms with Gasteiger partial charge in [-0.15, -0.1) is 0 Å². The maximum Gasteiger partial charge on any atom is 0.335 e. The summed E-state index contributed by atoms with van der Waals surface area (Å²) in [4.78, 5) is 22.0. The number of benzene rings is 1. The first-order chi connectivity index (χ1) is 8.04. The van der Waals surface area contributed by atoms with Gasteiger partial charge in [0.25, 0.3) is 0 Å². The molecule has 0 aliphatic heterocycles. The molecule has 0 heterocycles. The highest BCUT2D eigenvalue weighted by Crippen LogP contribution is 2.16. The molecule has 1 aromatic carbocycles. The summed E-state index contributed by atoms with van der Waals surface area (Å²) in [7, 11) is 1.44. The van der Waals surface area contributed by atoms with E-state index >= 15 is 0 Å². The number of anilines is 1. The predicted octanol–water partition coefficient (Wildman–Crippen LogP) is 1.50. The molecule has 0 unspecified atom stereocenters. The number of amides is 1. The molecule has 0 aliphatic carbocycles. The van der Waals surface area contributed by atoms with Crippen LogP contribution >= 0.6 is 0 Å². The van der Waals surface area contributed by atoms with Crippen molar-refractivity contribution in [2.24, 2.45) is 0 Å². The molecule has 1 aromatic rings. The van der Waals surface area contributed by atoms with Crippen LogP contribution in [0.25, 0.3) is 0 Å². The van der Waals surface area contributed by atoms with Crippen LogP contribution in [0.1, 0.15) is 16.8 Å². The molecule has 0 radical (unpaired) electrons.